The molecule has 0 amide bonds. The Kier molecular flexibility index (Phi) is 4.51. The van der Waals surface area contributed by atoms with E-state index >= 15 is 0 Å². The van der Waals surface area contributed by atoms with Gasteiger partial charge in [-0.2, -0.15) is 0 Å². The van der Waals surface area contributed by atoms with Crippen molar-refractivity contribution < 1.29 is 4.74 Å². The number of methoxy groups -OCH3 is 1. The van der Waals surface area contributed by atoms with Crippen molar-refractivity contribution in [3.05, 3.63) is 28.3 Å². The van der Waals surface area contributed by atoms with E-state index in [1.807, 2.05) is 0 Å². The maximum atomic E-state index is 5.52. The molecule has 0 aromatic heterocycles. The van der Waals surface area contributed by atoms with Gasteiger partial charge in [0.1, 0.15) is 5.75 Å². The molecular weight excluding hydrogens is 234 g/mol. The van der Waals surface area contributed by atoms with Crippen molar-refractivity contribution in [2.24, 2.45) is 0 Å². The first-order valence-corrected chi connectivity index (χ1v) is 7.40. The molecule has 0 atom stereocenters. The summed E-state index contributed by atoms with van der Waals surface area (Å²) in [6.45, 7) is 6.59. The van der Waals surface area contributed by atoms with Gasteiger partial charge in [-0.1, -0.05) is 6.07 Å². The Morgan fingerprint density at radius 1 is 1.05 bits per heavy atom. The summed E-state index contributed by atoms with van der Waals surface area (Å²) in [6, 6.07) is 3.07. The standard InChI is InChI=1S/C17H27NO/c1-11-10-16(12(2)13(3)17(11)19-5)14-6-8-15(18-4)9-7-14/h10,14-15,18H,6-9H2,1-5H3. The van der Waals surface area contributed by atoms with E-state index in [1.165, 1.54) is 42.4 Å². The number of hydrogen-bond donors (Lipinski definition) is 1. The molecule has 1 aliphatic carbocycles. The highest BCUT2D eigenvalue weighted by molar-refractivity contribution is 5.50. The number of nitrogens with one attached hydrogen (secondary N) is 1. The average molecular weight is 261 g/mol. The van der Waals surface area contributed by atoms with Crippen LogP contribution in [0.5, 0.6) is 5.75 Å². The summed E-state index contributed by atoms with van der Waals surface area (Å²) < 4.78 is 5.52. The van der Waals surface area contributed by atoms with Crippen LogP contribution in [0.15, 0.2) is 6.07 Å². The number of ether oxygens (including phenoxy) is 1. The molecule has 0 bridgehead atoms. The van der Waals surface area contributed by atoms with Crippen LogP contribution < -0.4 is 10.1 Å². The molecule has 2 heteroatoms. The third kappa shape index (κ3) is 2.79. The number of rotatable bonds is 3. The lowest BCUT2D eigenvalue weighted by Gasteiger charge is -2.30. The van der Waals surface area contributed by atoms with E-state index in [9.17, 15) is 0 Å². The van der Waals surface area contributed by atoms with E-state index in [2.05, 4.69) is 39.2 Å². The SMILES string of the molecule is CNC1CCC(c2cc(C)c(OC)c(C)c2C)CC1. The van der Waals surface area contributed by atoms with E-state index in [1.54, 1.807) is 12.7 Å². The van der Waals surface area contributed by atoms with E-state index < -0.39 is 0 Å². The van der Waals surface area contributed by atoms with Crippen molar-refractivity contribution in [1.82, 2.24) is 5.32 Å². The van der Waals surface area contributed by atoms with Crippen molar-refractivity contribution in [1.29, 1.82) is 0 Å². The monoisotopic (exact) mass is 261 g/mol. The van der Waals surface area contributed by atoms with Gasteiger partial charge >= 0.3 is 0 Å². The molecule has 0 spiro atoms. The first-order valence-electron chi connectivity index (χ1n) is 7.40. The van der Waals surface area contributed by atoms with Crippen LogP contribution in [-0.4, -0.2) is 20.2 Å². The molecule has 2 nitrogen and oxygen atoms in total. The molecule has 0 radical (unpaired) electrons. The smallest absolute Gasteiger partial charge is 0.124 e. The van der Waals surface area contributed by atoms with Crippen molar-refractivity contribution in [2.45, 2.75) is 58.4 Å². The Morgan fingerprint density at radius 3 is 2.21 bits per heavy atom. The number of benzene rings is 1. The van der Waals surface area contributed by atoms with Gasteiger partial charge in [-0.05, 0) is 81.7 Å². The molecule has 0 saturated heterocycles. The summed E-state index contributed by atoms with van der Waals surface area (Å²) in [4.78, 5) is 0. The fraction of sp³-hybridized carbons (Fsp3) is 0.647. The maximum absolute atomic E-state index is 5.52. The Bertz CT molecular complexity index is 445. The zero-order chi connectivity index (χ0) is 14.0. The van der Waals surface area contributed by atoms with Crippen LogP contribution in [0, 0.1) is 20.8 Å². The van der Waals surface area contributed by atoms with E-state index in [0.717, 1.165) is 17.7 Å². The lowest BCUT2D eigenvalue weighted by molar-refractivity contribution is 0.357. The summed E-state index contributed by atoms with van der Waals surface area (Å²) >= 11 is 0. The maximum Gasteiger partial charge on any atom is 0.124 e. The second-order valence-electron chi connectivity index (χ2n) is 5.90. The van der Waals surface area contributed by atoms with Gasteiger partial charge in [0, 0.05) is 6.04 Å². The second kappa shape index (κ2) is 5.96. The largest absolute Gasteiger partial charge is 0.496 e. The van der Waals surface area contributed by atoms with Crippen LogP contribution in [-0.2, 0) is 0 Å². The number of hydrogen-bond acceptors (Lipinski definition) is 2. The normalized spacial score (nSPS) is 23.4. The predicted octanol–water partition coefficient (Wildman–Crippen LogP) is 3.87. The van der Waals surface area contributed by atoms with E-state index in [0.29, 0.717) is 0 Å². The summed E-state index contributed by atoms with van der Waals surface area (Å²) in [5.41, 5.74) is 5.56. The summed E-state index contributed by atoms with van der Waals surface area (Å²) in [5.74, 6) is 1.79. The molecular formula is C17H27NO. The summed E-state index contributed by atoms with van der Waals surface area (Å²) in [5, 5.41) is 3.41. The minimum Gasteiger partial charge on any atom is -0.496 e. The van der Waals surface area contributed by atoms with Crippen molar-refractivity contribution >= 4 is 0 Å². The van der Waals surface area contributed by atoms with Gasteiger partial charge in [0.2, 0.25) is 0 Å². The molecule has 1 aromatic carbocycles. The van der Waals surface area contributed by atoms with Crippen LogP contribution in [0.1, 0.15) is 53.9 Å². The topological polar surface area (TPSA) is 21.3 Å². The Labute approximate surface area is 117 Å². The van der Waals surface area contributed by atoms with Crippen LogP contribution >= 0.6 is 0 Å². The van der Waals surface area contributed by atoms with Crippen LogP contribution in [0.4, 0.5) is 0 Å². The molecule has 1 aromatic rings. The fourth-order valence-corrected chi connectivity index (χ4v) is 3.52. The first kappa shape index (κ1) is 14.4. The highest BCUT2D eigenvalue weighted by Crippen LogP contribution is 2.38. The molecule has 0 aliphatic heterocycles. The average Bonchev–Trinajstić information content (AvgIpc) is 2.43. The van der Waals surface area contributed by atoms with Gasteiger partial charge in [-0.25, -0.2) is 0 Å². The molecule has 1 N–H and O–H groups in total. The van der Waals surface area contributed by atoms with Crippen molar-refractivity contribution in [3.8, 4) is 5.75 Å². The van der Waals surface area contributed by atoms with Crippen molar-refractivity contribution in [2.75, 3.05) is 14.2 Å². The molecule has 2 rings (SSSR count). The van der Waals surface area contributed by atoms with E-state index in [4.69, 9.17) is 4.74 Å². The lowest BCUT2D eigenvalue weighted by atomic mass is 9.79. The third-order valence-electron chi connectivity index (χ3n) is 4.85. The highest BCUT2D eigenvalue weighted by atomic mass is 16.5. The minimum atomic E-state index is 0.719. The van der Waals surface area contributed by atoms with Gasteiger partial charge in [0.15, 0.2) is 0 Å². The summed E-state index contributed by atoms with van der Waals surface area (Å²) in [7, 11) is 3.85. The highest BCUT2D eigenvalue weighted by Gasteiger charge is 2.24. The zero-order valence-electron chi connectivity index (χ0n) is 13.0. The quantitative estimate of drug-likeness (QED) is 0.892. The van der Waals surface area contributed by atoms with Gasteiger partial charge in [0.05, 0.1) is 7.11 Å². The zero-order valence-corrected chi connectivity index (χ0v) is 13.0. The first-order chi connectivity index (χ1) is 9.08. The number of aryl methyl sites for hydroxylation is 1. The molecule has 1 fully saturated rings. The van der Waals surface area contributed by atoms with Crippen molar-refractivity contribution in [3.63, 3.8) is 0 Å². The second-order valence-corrected chi connectivity index (χ2v) is 5.90. The van der Waals surface area contributed by atoms with Gasteiger partial charge in [-0.15, -0.1) is 0 Å². The molecule has 19 heavy (non-hydrogen) atoms. The van der Waals surface area contributed by atoms with E-state index in [-0.39, 0.29) is 0 Å². The predicted molar refractivity (Wildman–Crippen MR) is 81.3 cm³/mol. The fourth-order valence-electron chi connectivity index (χ4n) is 3.52. The molecule has 106 valence electrons. The Hall–Kier alpha value is -1.02. The molecule has 0 heterocycles. The molecule has 0 unspecified atom stereocenters. The minimum absolute atomic E-state index is 0.719. The molecule has 1 saturated carbocycles. The van der Waals surface area contributed by atoms with Gasteiger partial charge in [0.25, 0.3) is 0 Å². The van der Waals surface area contributed by atoms with Crippen LogP contribution in [0.25, 0.3) is 0 Å². The van der Waals surface area contributed by atoms with Crippen LogP contribution in [0.3, 0.4) is 0 Å². The van der Waals surface area contributed by atoms with Gasteiger partial charge < -0.3 is 10.1 Å². The Balaban J connectivity index is 2.26. The molecule has 1 aliphatic rings. The van der Waals surface area contributed by atoms with Crippen LogP contribution in [0.2, 0.25) is 0 Å². The van der Waals surface area contributed by atoms with Gasteiger partial charge in [-0.3, -0.25) is 0 Å². The summed E-state index contributed by atoms with van der Waals surface area (Å²) in [6.07, 6.45) is 5.20. The lowest BCUT2D eigenvalue weighted by Crippen LogP contribution is -2.29. The Morgan fingerprint density at radius 2 is 1.68 bits per heavy atom. The third-order valence-corrected chi connectivity index (χ3v) is 4.85.